The average Bonchev–Trinajstić information content (AvgIpc) is 3.16. The molecule has 1 aliphatic rings. The van der Waals surface area contributed by atoms with E-state index in [1.165, 1.54) is 0 Å². The third kappa shape index (κ3) is 2.71. The molecule has 3 aromatic rings. The molecule has 0 bridgehead atoms. The zero-order valence-electron chi connectivity index (χ0n) is 14.5. The van der Waals surface area contributed by atoms with Crippen molar-refractivity contribution in [1.29, 1.82) is 5.26 Å². The van der Waals surface area contributed by atoms with Gasteiger partial charge in [-0.3, -0.25) is 4.79 Å². The van der Waals surface area contributed by atoms with Crippen LogP contribution in [0.15, 0.2) is 24.8 Å². The number of anilines is 1. The number of fused-ring (bicyclic) bond motifs is 3. The highest BCUT2D eigenvalue weighted by Gasteiger charge is 2.27. The van der Waals surface area contributed by atoms with Gasteiger partial charge >= 0.3 is 0 Å². The van der Waals surface area contributed by atoms with Gasteiger partial charge in [0.2, 0.25) is 5.91 Å². The lowest BCUT2D eigenvalue weighted by molar-refractivity contribution is -0.131. The molecule has 4 rings (SSSR count). The Morgan fingerprint density at radius 3 is 2.96 bits per heavy atom. The highest BCUT2D eigenvalue weighted by molar-refractivity contribution is 6.08. The molecule has 0 radical (unpaired) electrons. The van der Waals surface area contributed by atoms with Gasteiger partial charge in [0.05, 0.1) is 23.2 Å². The fourth-order valence-corrected chi connectivity index (χ4v) is 3.64. The van der Waals surface area contributed by atoms with Gasteiger partial charge in [0.15, 0.2) is 0 Å². The van der Waals surface area contributed by atoms with Crippen LogP contribution in [0.1, 0.15) is 19.3 Å². The number of rotatable bonds is 3. The number of piperidine rings is 1. The number of carbonyl (C=O) groups excluding carboxylic acids is 1. The average molecular weight is 349 g/mol. The Morgan fingerprint density at radius 1 is 1.38 bits per heavy atom. The van der Waals surface area contributed by atoms with Crippen molar-refractivity contribution < 1.29 is 4.79 Å². The number of H-pyrrole nitrogens is 1. The predicted molar refractivity (Wildman–Crippen MR) is 97.4 cm³/mol. The monoisotopic (exact) mass is 349 g/mol. The van der Waals surface area contributed by atoms with Crippen LogP contribution in [0.25, 0.3) is 21.9 Å². The van der Waals surface area contributed by atoms with E-state index < -0.39 is 0 Å². The Hall–Kier alpha value is -3.21. The molecule has 1 fully saturated rings. The lowest BCUT2D eigenvalue weighted by Crippen LogP contribution is -2.45. The standard InChI is InChI=1S/C18H19N7O/c1-24(15(26)2-6-19)12-4-8-25(9-5-12)18-16-13-3-7-20-17(13)21-10-14(16)22-11-23-18/h3,7,10-12H,2,4-5,8-9H2,1H3,(H,20,21). The minimum Gasteiger partial charge on any atom is -0.356 e. The number of nitriles is 1. The van der Waals surface area contributed by atoms with Crippen molar-refractivity contribution in [2.24, 2.45) is 0 Å². The molecule has 0 spiro atoms. The number of hydrogen-bond donors (Lipinski definition) is 1. The molecule has 1 amide bonds. The maximum atomic E-state index is 11.9. The summed E-state index contributed by atoms with van der Waals surface area (Å²) in [6.45, 7) is 1.60. The van der Waals surface area contributed by atoms with Crippen LogP contribution in [0.2, 0.25) is 0 Å². The second-order valence-corrected chi connectivity index (χ2v) is 6.51. The smallest absolute Gasteiger partial charge is 0.236 e. The van der Waals surface area contributed by atoms with Crippen LogP contribution in [-0.4, -0.2) is 56.9 Å². The summed E-state index contributed by atoms with van der Waals surface area (Å²) >= 11 is 0. The fourth-order valence-electron chi connectivity index (χ4n) is 3.64. The van der Waals surface area contributed by atoms with Crippen molar-refractivity contribution in [1.82, 2.24) is 24.8 Å². The largest absolute Gasteiger partial charge is 0.356 e. The SMILES string of the molecule is CN(C(=O)CC#N)C1CCN(c2ncnc3cnc4[nH]ccc4c23)CC1. The summed E-state index contributed by atoms with van der Waals surface area (Å²) in [4.78, 5) is 32.3. The summed E-state index contributed by atoms with van der Waals surface area (Å²) in [6, 6.07) is 4.09. The Balaban J connectivity index is 1.60. The van der Waals surface area contributed by atoms with Gasteiger partial charge in [-0.25, -0.2) is 15.0 Å². The van der Waals surface area contributed by atoms with E-state index in [4.69, 9.17) is 5.26 Å². The first-order chi connectivity index (χ1) is 12.7. The molecular weight excluding hydrogens is 330 g/mol. The number of nitrogens with zero attached hydrogens (tertiary/aromatic N) is 6. The summed E-state index contributed by atoms with van der Waals surface area (Å²) < 4.78 is 0. The van der Waals surface area contributed by atoms with Crippen LogP contribution < -0.4 is 4.90 Å². The number of carbonyl (C=O) groups is 1. The molecule has 0 aromatic carbocycles. The zero-order chi connectivity index (χ0) is 18.1. The van der Waals surface area contributed by atoms with Crippen molar-refractivity contribution in [2.45, 2.75) is 25.3 Å². The van der Waals surface area contributed by atoms with Gasteiger partial charge in [0.1, 0.15) is 24.2 Å². The first-order valence-electron chi connectivity index (χ1n) is 8.63. The number of aromatic amines is 1. The van der Waals surface area contributed by atoms with Crippen molar-refractivity contribution in [3.63, 3.8) is 0 Å². The van der Waals surface area contributed by atoms with Crippen LogP contribution in [0.5, 0.6) is 0 Å². The first kappa shape index (κ1) is 16.3. The number of nitrogens with one attached hydrogen (secondary N) is 1. The Kier molecular flexibility index (Phi) is 4.13. The minimum absolute atomic E-state index is 0.0638. The molecule has 8 nitrogen and oxygen atoms in total. The van der Waals surface area contributed by atoms with Crippen LogP contribution in [0.4, 0.5) is 5.82 Å². The van der Waals surface area contributed by atoms with E-state index in [9.17, 15) is 4.79 Å². The van der Waals surface area contributed by atoms with Gasteiger partial charge in [-0.1, -0.05) is 0 Å². The van der Waals surface area contributed by atoms with Gasteiger partial charge < -0.3 is 14.8 Å². The number of amides is 1. The van der Waals surface area contributed by atoms with E-state index in [1.807, 2.05) is 18.3 Å². The van der Waals surface area contributed by atoms with Gasteiger partial charge in [-0.05, 0) is 18.9 Å². The lowest BCUT2D eigenvalue weighted by atomic mass is 10.0. The Bertz CT molecular complexity index is 998. The maximum absolute atomic E-state index is 11.9. The molecule has 0 atom stereocenters. The van der Waals surface area contributed by atoms with Crippen LogP contribution >= 0.6 is 0 Å². The van der Waals surface area contributed by atoms with Crippen LogP contribution in [-0.2, 0) is 4.79 Å². The highest BCUT2D eigenvalue weighted by atomic mass is 16.2. The molecule has 3 aromatic heterocycles. The van der Waals surface area contributed by atoms with Crippen molar-refractivity contribution in [2.75, 3.05) is 25.0 Å². The van der Waals surface area contributed by atoms with Gasteiger partial charge in [0.25, 0.3) is 0 Å². The van der Waals surface area contributed by atoms with E-state index in [2.05, 4.69) is 24.8 Å². The Morgan fingerprint density at radius 2 is 2.19 bits per heavy atom. The summed E-state index contributed by atoms with van der Waals surface area (Å²) in [5, 5.41) is 10.7. The normalized spacial score (nSPS) is 15.3. The highest BCUT2D eigenvalue weighted by Crippen LogP contribution is 2.31. The Labute approximate surface area is 150 Å². The van der Waals surface area contributed by atoms with E-state index in [0.29, 0.717) is 0 Å². The predicted octanol–water partition coefficient (Wildman–Crippen LogP) is 1.85. The maximum Gasteiger partial charge on any atom is 0.236 e. The van der Waals surface area contributed by atoms with Gasteiger partial charge in [-0.15, -0.1) is 0 Å². The topological polar surface area (TPSA) is 102 Å². The number of hydrogen-bond acceptors (Lipinski definition) is 6. The molecule has 1 N–H and O–H groups in total. The molecule has 8 heteroatoms. The summed E-state index contributed by atoms with van der Waals surface area (Å²) in [7, 11) is 1.79. The van der Waals surface area contributed by atoms with Crippen LogP contribution in [0, 0.1) is 11.3 Å². The number of aromatic nitrogens is 4. The quantitative estimate of drug-likeness (QED) is 0.774. The molecule has 26 heavy (non-hydrogen) atoms. The number of pyridine rings is 1. The van der Waals surface area contributed by atoms with Crippen molar-refractivity contribution in [3.05, 3.63) is 24.8 Å². The van der Waals surface area contributed by atoms with Gasteiger partial charge in [0, 0.05) is 37.8 Å². The van der Waals surface area contributed by atoms with Crippen molar-refractivity contribution >= 4 is 33.7 Å². The molecule has 4 heterocycles. The zero-order valence-corrected chi connectivity index (χ0v) is 14.5. The fraction of sp³-hybridized carbons (Fsp3) is 0.389. The van der Waals surface area contributed by atoms with E-state index in [-0.39, 0.29) is 18.4 Å². The van der Waals surface area contributed by atoms with E-state index >= 15 is 0 Å². The third-order valence-electron chi connectivity index (χ3n) is 5.10. The molecule has 132 valence electrons. The first-order valence-corrected chi connectivity index (χ1v) is 8.63. The molecule has 0 aliphatic carbocycles. The third-order valence-corrected chi connectivity index (χ3v) is 5.10. The molecule has 1 saturated heterocycles. The van der Waals surface area contributed by atoms with Gasteiger partial charge in [-0.2, -0.15) is 5.26 Å². The summed E-state index contributed by atoms with van der Waals surface area (Å²) in [5.41, 5.74) is 1.65. The molecular formula is C18H19N7O. The molecule has 0 saturated carbocycles. The van der Waals surface area contributed by atoms with E-state index in [0.717, 1.165) is 53.7 Å². The molecule has 1 aliphatic heterocycles. The van der Waals surface area contributed by atoms with Crippen LogP contribution in [0.3, 0.4) is 0 Å². The summed E-state index contributed by atoms with van der Waals surface area (Å²) in [5.74, 6) is 0.796. The second-order valence-electron chi connectivity index (χ2n) is 6.51. The molecule has 0 unspecified atom stereocenters. The lowest BCUT2D eigenvalue weighted by Gasteiger charge is -2.37. The summed E-state index contributed by atoms with van der Waals surface area (Å²) in [6.07, 6.45) is 6.84. The second kappa shape index (κ2) is 6.59. The minimum atomic E-state index is -0.112. The van der Waals surface area contributed by atoms with E-state index in [1.54, 1.807) is 24.5 Å². The van der Waals surface area contributed by atoms with Crippen molar-refractivity contribution in [3.8, 4) is 6.07 Å².